The van der Waals surface area contributed by atoms with E-state index in [1.54, 1.807) is 54.0 Å². The van der Waals surface area contributed by atoms with Crippen LogP contribution in [0.5, 0.6) is 0 Å². The van der Waals surface area contributed by atoms with Crippen molar-refractivity contribution in [2.45, 2.75) is 115 Å². The van der Waals surface area contributed by atoms with Crippen LogP contribution in [-0.4, -0.2) is 36.6 Å². The molecule has 3 nitrogen and oxygen atoms in total. The van der Waals surface area contributed by atoms with E-state index in [1.165, 1.54) is 163 Å². The van der Waals surface area contributed by atoms with Gasteiger partial charge in [-0.2, -0.15) is 0 Å². The molecule has 6 heteroatoms. The molecule has 9 aromatic carbocycles. The molecule has 86 heavy (non-hydrogen) atoms. The van der Waals surface area contributed by atoms with Crippen LogP contribution in [0.15, 0.2) is 206 Å². The maximum Gasteiger partial charge on any atom is 0.240 e. The Morgan fingerprint density at radius 1 is 0.407 bits per heavy atom. The van der Waals surface area contributed by atoms with Crippen molar-refractivity contribution in [2.24, 2.45) is 0 Å². The molecule has 0 N–H and O–H groups in total. The van der Waals surface area contributed by atoms with Gasteiger partial charge in [0, 0.05) is 56.2 Å². The Balaban J connectivity index is 0.998. The minimum Gasteiger partial charge on any atom is -0.313 e. The summed E-state index contributed by atoms with van der Waals surface area (Å²) < 4.78 is 8.31. The first-order valence-electron chi connectivity index (χ1n) is 32.8. The van der Waals surface area contributed by atoms with E-state index in [9.17, 15) is 0 Å². The van der Waals surface area contributed by atoms with E-state index in [-0.39, 0.29) is 12.6 Å². The minimum atomic E-state index is -3.24. The first-order chi connectivity index (χ1) is 42.5. The first-order valence-corrected chi connectivity index (χ1v) is 37.8. The molecule has 416 valence electrons. The van der Waals surface area contributed by atoms with Crippen LogP contribution < -0.4 is 47.5 Å². The van der Waals surface area contributed by atoms with Gasteiger partial charge in [0.05, 0.1) is 16.6 Å². The lowest BCUT2D eigenvalue weighted by Crippen LogP contribution is -2.92. The summed E-state index contributed by atoms with van der Waals surface area (Å²) in [6.07, 6.45) is 17.8. The van der Waals surface area contributed by atoms with E-state index < -0.39 is 16.1 Å². The summed E-state index contributed by atoms with van der Waals surface area (Å²) >= 11 is 0. The molecule has 1 unspecified atom stereocenters. The van der Waals surface area contributed by atoms with Crippen LogP contribution in [0.1, 0.15) is 114 Å². The summed E-state index contributed by atoms with van der Waals surface area (Å²) in [5.74, 6) is 0.219. The summed E-state index contributed by atoms with van der Waals surface area (Å²) in [4.78, 5) is 0. The molecule has 3 aromatic heterocycles. The fourth-order valence-electron chi connectivity index (χ4n) is 19.4. The van der Waals surface area contributed by atoms with Gasteiger partial charge in [0.1, 0.15) is 8.07 Å². The molecule has 0 saturated heterocycles. The highest BCUT2D eigenvalue weighted by Gasteiger charge is 2.56. The van der Waals surface area contributed by atoms with Gasteiger partial charge in [-0.15, -0.1) is 0 Å². The number of nitrogens with zero attached hydrogens (tertiary/aromatic N) is 3. The summed E-state index contributed by atoms with van der Waals surface area (Å²) in [5.41, 5.74) is 29.9. The van der Waals surface area contributed by atoms with Crippen LogP contribution in [0.4, 0.5) is 0 Å². The number of hydrogen-bond acceptors (Lipinski definition) is 0. The maximum atomic E-state index is 2.89. The van der Waals surface area contributed by atoms with Crippen molar-refractivity contribution < 1.29 is 0 Å². The van der Waals surface area contributed by atoms with E-state index in [1.807, 2.05) is 0 Å². The molecule has 19 rings (SSSR count). The summed E-state index contributed by atoms with van der Waals surface area (Å²) in [6.45, 7) is 5.57. The average molecular weight is 1140 g/mol. The molecule has 0 spiro atoms. The fourth-order valence-corrected chi connectivity index (χ4v) is 28.3. The molecule has 1 atom stereocenters. The molecule has 0 fully saturated rings. The highest BCUT2D eigenvalue weighted by Crippen LogP contribution is 2.51. The highest BCUT2D eigenvalue weighted by atomic mass is 28.3. The van der Waals surface area contributed by atoms with Crippen LogP contribution in [0.25, 0.3) is 55.3 Å². The van der Waals surface area contributed by atoms with Crippen molar-refractivity contribution >= 4 is 109 Å². The topological polar surface area (TPSA) is 14.8 Å². The minimum absolute atomic E-state index is 0.00367. The lowest BCUT2D eigenvalue weighted by Gasteiger charge is -2.49. The summed E-state index contributed by atoms with van der Waals surface area (Å²) in [5, 5.41) is 13.7. The normalized spacial score (nSPS) is 18.3. The standard InChI is InChI=1S/C80H70BN3Si2/c1-85(2)76-46-51(78-64-34-11-5-10-28-56(64)57-29-12-13-35-65(57)78)47-77-79(76)81(67-48-53(83-70-40-20-16-32-60(70)62-36-22-42-71(62)83)49-74(80(67)85)84-72-41-21-17-33-61(72)63-37-23-43-73(63)84)66-45-44-52(82-68-38-18-14-30-58(68)59-31-15-19-39-69(59)82)50-75(66)86(77,54-24-6-3-7-25-54)55-26-8-4-9-27-55/h3-4,6-9,12-14,16-18,20-21,24-27,29-30,32-33,35,38,40-41,44-50,78H,5,10-11,15,19,22-23,28,31,34,36-37,39,42-43H2,1-2H3. The number of benzene rings is 9. The van der Waals surface area contributed by atoms with E-state index in [4.69, 9.17) is 0 Å². The third-order valence-corrected chi connectivity index (χ3v) is 31.1. The predicted molar refractivity (Wildman–Crippen MR) is 367 cm³/mol. The lowest BCUT2D eigenvalue weighted by atomic mass is 9.36. The number of fused-ring (bicyclic) bond motifs is 15. The lowest BCUT2D eigenvalue weighted by molar-refractivity contribution is 0.667. The second-order valence-electron chi connectivity index (χ2n) is 27.1. The van der Waals surface area contributed by atoms with Gasteiger partial charge in [-0.3, -0.25) is 0 Å². The zero-order valence-electron chi connectivity index (χ0n) is 49.7. The largest absolute Gasteiger partial charge is 0.313 e. The number of allylic oxidation sites excluding steroid dienone is 2. The van der Waals surface area contributed by atoms with Crippen LogP contribution in [0, 0.1) is 0 Å². The SMILES string of the molecule is C[Si]1(C)c2cc(C3C4=C(CCCCC4)c4ccccc43)cc3c2B(c2ccc(-n4c5c(c6ccccc64)CCCC5)cc2[Si]3(c2ccccc2)c2ccccc2)c2cc(-n3c4c(c5ccccc53)CCC4)cc(-n3c4c(c5ccccc53)CCC4)c21. The second kappa shape index (κ2) is 18.7. The van der Waals surface area contributed by atoms with E-state index in [0.717, 1.165) is 38.5 Å². The summed E-state index contributed by atoms with van der Waals surface area (Å²) in [6, 6.07) is 81.3. The molecule has 0 amide bonds. The molecule has 2 aliphatic heterocycles. The molecular weight excluding hydrogens is 1070 g/mol. The van der Waals surface area contributed by atoms with Crippen molar-refractivity contribution in [1.29, 1.82) is 0 Å². The number of hydrogen-bond donors (Lipinski definition) is 0. The van der Waals surface area contributed by atoms with E-state index >= 15 is 0 Å². The predicted octanol–water partition coefficient (Wildman–Crippen LogP) is 12.6. The Kier molecular flexibility index (Phi) is 10.9. The Labute approximate surface area is 507 Å². The third kappa shape index (κ3) is 6.70. The Morgan fingerprint density at radius 3 is 1.63 bits per heavy atom. The van der Waals surface area contributed by atoms with Crippen LogP contribution in [0.2, 0.25) is 13.1 Å². The zero-order valence-corrected chi connectivity index (χ0v) is 51.7. The molecule has 12 aromatic rings. The van der Waals surface area contributed by atoms with Crippen LogP contribution >= 0.6 is 0 Å². The molecule has 5 aliphatic carbocycles. The smallest absolute Gasteiger partial charge is 0.240 e. The second-order valence-corrected chi connectivity index (χ2v) is 35.1. The fraction of sp³-hybridized carbons (Fsp3) is 0.225. The van der Waals surface area contributed by atoms with Crippen molar-refractivity contribution in [2.75, 3.05) is 0 Å². The maximum absolute atomic E-state index is 3.24. The van der Waals surface area contributed by atoms with Gasteiger partial charge in [0.25, 0.3) is 0 Å². The number of aryl methyl sites for hydroxylation is 3. The van der Waals surface area contributed by atoms with Gasteiger partial charge in [-0.25, -0.2) is 0 Å². The van der Waals surface area contributed by atoms with Crippen LogP contribution in [0.3, 0.4) is 0 Å². The monoisotopic (exact) mass is 1140 g/mol. The van der Waals surface area contributed by atoms with Gasteiger partial charge in [-0.1, -0.05) is 204 Å². The number of aromatic nitrogens is 3. The molecule has 0 bridgehead atoms. The van der Waals surface area contributed by atoms with Crippen LogP contribution in [-0.2, 0) is 38.5 Å². The Hall–Kier alpha value is -8.16. The van der Waals surface area contributed by atoms with Crippen molar-refractivity contribution in [3.8, 4) is 17.1 Å². The molecular formula is C80H70BN3Si2. The highest BCUT2D eigenvalue weighted by molar-refractivity contribution is 7.29. The molecule has 0 radical (unpaired) electrons. The van der Waals surface area contributed by atoms with Gasteiger partial charge >= 0.3 is 0 Å². The average Bonchev–Trinajstić information content (AvgIpc) is 0.837. The molecule has 0 saturated carbocycles. The van der Waals surface area contributed by atoms with Crippen molar-refractivity contribution in [3.63, 3.8) is 0 Å². The van der Waals surface area contributed by atoms with Crippen molar-refractivity contribution in [3.05, 3.63) is 256 Å². The molecule has 7 aliphatic rings. The first kappa shape index (κ1) is 50.0. The van der Waals surface area contributed by atoms with Crippen molar-refractivity contribution in [1.82, 2.24) is 13.7 Å². The Bertz CT molecular complexity index is 4880. The number of rotatable bonds is 6. The molecule has 5 heterocycles. The van der Waals surface area contributed by atoms with Gasteiger partial charge in [-0.05, 0) is 197 Å². The van der Waals surface area contributed by atoms with E-state index in [2.05, 4.69) is 227 Å². The Morgan fingerprint density at radius 2 is 0.942 bits per heavy atom. The van der Waals surface area contributed by atoms with Gasteiger partial charge in [0.2, 0.25) is 6.71 Å². The van der Waals surface area contributed by atoms with Gasteiger partial charge in [0.15, 0.2) is 8.07 Å². The third-order valence-electron chi connectivity index (χ3n) is 22.6. The van der Waals surface area contributed by atoms with E-state index in [0.29, 0.717) is 0 Å². The quantitative estimate of drug-likeness (QED) is 0.147. The summed E-state index contributed by atoms with van der Waals surface area (Å²) in [7, 11) is -5.97. The zero-order chi connectivity index (χ0) is 56.6. The number of para-hydroxylation sites is 3. The van der Waals surface area contributed by atoms with Gasteiger partial charge < -0.3 is 13.7 Å².